The number of nitrogens with zero attached hydrogens (tertiary/aromatic N) is 2. The van der Waals surface area contributed by atoms with Crippen molar-refractivity contribution in [1.82, 2.24) is 0 Å². The van der Waals surface area contributed by atoms with E-state index in [4.69, 9.17) is 4.99 Å². The molecular formula is C48H52N2O6. The van der Waals surface area contributed by atoms with Gasteiger partial charge in [0.15, 0.2) is 23.0 Å². The summed E-state index contributed by atoms with van der Waals surface area (Å²) in [6.07, 6.45) is 5.01. The van der Waals surface area contributed by atoms with Crippen LogP contribution in [0.3, 0.4) is 0 Å². The summed E-state index contributed by atoms with van der Waals surface area (Å²) in [5, 5.41) is 70.6. The van der Waals surface area contributed by atoms with Gasteiger partial charge < -0.3 is 30.6 Å². The maximum atomic E-state index is 12.4. The lowest BCUT2D eigenvalue weighted by molar-refractivity contribution is 0.266. The molecule has 0 saturated heterocycles. The van der Waals surface area contributed by atoms with Gasteiger partial charge in [0.25, 0.3) is 0 Å². The molecule has 6 N–H and O–H groups in total. The van der Waals surface area contributed by atoms with E-state index >= 15 is 0 Å². The molecule has 8 heteroatoms. The molecule has 6 aromatic rings. The summed E-state index contributed by atoms with van der Waals surface area (Å²) in [7, 11) is 0. The summed E-state index contributed by atoms with van der Waals surface area (Å²) < 4.78 is 0. The summed E-state index contributed by atoms with van der Waals surface area (Å²) in [5.41, 5.74) is 5.59. The Balaban J connectivity index is 1.56. The van der Waals surface area contributed by atoms with Gasteiger partial charge in [-0.05, 0) is 82.5 Å². The molecule has 0 spiro atoms. The largest absolute Gasteiger partial charge is 0.507 e. The normalized spacial score (nSPS) is 13.2. The van der Waals surface area contributed by atoms with Crippen LogP contribution in [-0.4, -0.2) is 61.8 Å². The minimum atomic E-state index is -0.536. The first kappa shape index (κ1) is 39.8. The number of hydrogen-bond acceptors (Lipinski definition) is 8. The minimum absolute atomic E-state index is 0.0637. The number of aryl methyl sites for hydroxylation is 1. The van der Waals surface area contributed by atoms with E-state index in [1.165, 1.54) is 6.21 Å². The van der Waals surface area contributed by atoms with Crippen LogP contribution in [0.1, 0.15) is 91.8 Å². The number of rotatable bonds is 13. The number of benzene rings is 6. The Morgan fingerprint density at radius 2 is 1.09 bits per heavy atom. The van der Waals surface area contributed by atoms with Crippen LogP contribution < -0.4 is 0 Å². The fourth-order valence-electron chi connectivity index (χ4n) is 7.84. The van der Waals surface area contributed by atoms with Gasteiger partial charge >= 0.3 is 0 Å². The van der Waals surface area contributed by atoms with Crippen molar-refractivity contribution in [2.24, 2.45) is 9.98 Å². The van der Waals surface area contributed by atoms with Crippen molar-refractivity contribution in [1.29, 1.82) is 0 Å². The van der Waals surface area contributed by atoms with E-state index in [1.807, 2.05) is 107 Å². The predicted molar refractivity (Wildman–Crippen MR) is 229 cm³/mol. The van der Waals surface area contributed by atoms with E-state index in [0.29, 0.717) is 50.4 Å². The highest BCUT2D eigenvalue weighted by Crippen LogP contribution is 2.50. The fourth-order valence-corrected chi connectivity index (χ4v) is 7.84. The molecule has 0 aromatic heterocycles. The van der Waals surface area contributed by atoms with Gasteiger partial charge in [-0.3, -0.25) is 9.98 Å². The van der Waals surface area contributed by atoms with Crippen molar-refractivity contribution < 1.29 is 30.6 Å². The van der Waals surface area contributed by atoms with Gasteiger partial charge in [0.05, 0.1) is 18.7 Å². The number of aliphatic hydroxyl groups excluding tert-OH is 1. The van der Waals surface area contributed by atoms with Gasteiger partial charge in [0.2, 0.25) is 0 Å². The van der Waals surface area contributed by atoms with E-state index in [-0.39, 0.29) is 53.0 Å². The third kappa shape index (κ3) is 7.80. The molecular weight excluding hydrogens is 701 g/mol. The molecule has 6 rings (SSSR count). The number of aliphatic imine (C=N–C) groups is 2. The first-order chi connectivity index (χ1) is 26.9. The highest BCUT2D eigenvalue weighted by molar-refractivity contribution is 6.12. The first-order valence-corrected chi connectivity index (χ1v) is 19.4. The van der Waals surface area contributed by atoms with Gasteiger partial charge in [-0.15, -0.1) is 0 Å². The summed E-state index contributed by atoms with van der Waals surface area (Å²) >= 11 is 0. The Morgan fingerprint density at radius 3 is 1.64 bits per heavy atom. The average molecular weight is 753 g/mol. The van der Waals surface area contributed by atoms with Crippen LogP contribution in [-0.2, 0) is 12.8 Å². The fraction of sp³-hybridized carbons (Fsp3) is 0.292. The number of fused-ring (bicyclic) bond motifs is 2. The molecule has 6 aromatic carbocycles. The topological polar surface area (TPSA) is 146 Å². The zero-order chi connectivity index (χ0) is 40.3. The van der Waals surface area contributed by atoms with Crippen LogP contribution in [0.2, 0.25) is 0 Å². The molecule has 0 heterocycles. The van der Waals surface area contributed by atoms with Crippen molar-refractivity contribution >= 4 is 34.0 Å². The van der Waals surface area contributed by atoms with Crippen LogP contribution in [0.4, 0.5) is 0 Å². The highest BCUT2D eigenvalue weighted by Gasteiger charge is 2.26. The third-order valence-electron chi connectivity index (χ3n) is 10.7. The standard InChI is InChI=1S/C48H52N2O6/c1-7-33(21-30-14-10-8-11-15-30)49-24-38-36-23-32(18-19-35(36)40(27(2)3)47(55)44(38)52)42-29(6)20-37-41(28(4)5)48(56)45(53)39(43(37)46(42)54)25-50-34(26-51)22-31-16-12-9-13-17-31/h8-20,23-25,27-28,33-34,51-56H,7,21-22,26H2,1-6H3. The van der Waals surface area contributed by atoms with Gasteiger partial charge in [-0.25, -0.2) is 0 Å². The molecule has 0 aliphatic heterocycles. The van der Waals surface area contributed by atoms with Crippen LogP contribution in [0.25, 0.3) is 32.7 Å². The second-order valence-electron chi connectivity index (χ2n) is 15.3. The molecule has 290 valence electrons. The molecule has 0 aliphatic carbocycles. The number of phenols is 5. The number of hydrogen-bond donors (Lipinski definition) is 6. The summed E-state index contributed by atoms with van der Waals surface area (Å²) in [6.45, 7) is 11.4. The van der Waals surface area contributed by atoms with Crippen molar-refractivity contribution in [3.05, 3.63) is 124 Å². The molecule has 8 nitrogen and oxygen atoms in total. The van der Waals surface area contributed by atoms with E-state index in [0.717, 1.165) is 34.9 Å². The lowest BCUT2D eigenvalue weighted by Crippen LogP contribution is -2.14. The zero-order valence-corrected chi connectivity index (χ0v) is 33.0. The second kappa shape index (κ2) is 16.9. The van der Waals surface area contributed by atoms with Crippen LogP contribution >= 0.6 is 0 Å². The number of phenolic OH excluding ortho intramolecular Hbond substituents is 5. The first-order valence-electron chi connectivity index (χ1n) is 19.4. The Morgan fingerprint density at radius 1 is 0.571 bits per heavy atom. The van der Waals surface area contributed by atoms with E-state index in [1.54, 1.807) is 6.21 Å². The molecule has 0 radical (unpaired) electrons. The smallest absolute Gasteiger partial charge is 0.167 e. The van der Waals surface area contributed by atoms with Crippen LogP contribution in [0.5, 0.6) is 28.7 Å². The zero-order valence-electron chi connectivity index (χ0n) is 33.0. The van der Waals surface area contributed by atoms with Crippen molar-refractivity contribution in [2.45, 2.75) is 84.7 Å². The summed E-state index contributed by atoms with van der Waals surface area (Å²) in [5.74, 6) is -1.57. The van der Waals surface area contributed by atoms with E-state index in [2.05, 4.69) is 24.0 Å². The average Bonchev–Trinajstić information content (AvgIpc) is 3.18. The van der Waals surface area contributed by atoms with Gasteiger partial charge in [-0.1, -0.05) is 113 Å². The van der Waals surface area contributed by atoms with Gasteiger partial charge in [0, 0.05) is 45.6 Å². The summed E-state index contributed by atoms with van der Waals surface area (Å²) in [4.78, 5) is 9.55. The molecule has 0 saturated carbocycles. The Labute approximate surface area is 328 Å². The molecule has 56 heavy (non-hydrogen) atoms. The lowest BCUT2D eigenvalue weighted by Gasteiger charge is -2.22. The monoisotopic (exact) mass is 752 g/mol. The maximum Gasteiger partial charge on any atom is 0.167 e. The Kier molecular flexibility index (Phi) is 12.0. The highest BCUT2D eigenvalue weighted by atomic mass is 16.3. The van der Waals surface area contributed by atoms with Crippen LogP contribution in [0.15, 0.2) is 94.9 Å². The van der Waals surface area contributed by atoms with Gasteiger partial charge in [-0.2, -0.15) is 0 Å². The summed E-state index contributed by atoms with van der Waals surface area (Å²) in [6, 6.07) is 26.7. The Hall–Kier alpha value is -5.86. The minimum Gasteiger partial charge on any atom is -0.507 e. The molecule has 2 unspecified atom stereocenters. The van der Waals surface area contributed by atoms with E-state index in [9.17, 15) is 30.6 Å². The van der Waals surface area contributed by atoms with Gasteiger partial charge in [0.1, 0.15) is 5.75 Å². The third-order valence-corrected chi connectivity index (χ3v) is 10.7. The number of aliphatic hydroxyl groups is 1. The molecule has 0 amide bonds. The van der Waals surface area contributed by atoms with Crippen molar-refractivity contribution in [3.8, 4) is 39.9 Å². The molecule has 2 atom stereocenters. The van der Waals surface area contributed by atoms with Crippen LogP contribution in [0, 0.1) is 6.92 Å². The quantitative estimate of drug-likeness (QED) is 0.0512. The van der Waals surface area contributed by atoms with Crippen molar-refractivity contribution in [3.63, 3.8) is 0 Å². The number of aromatic hydroxyl groups is 5. The Bertz CT molecular complexity index is 2420. The molecule has 0 aliphatic rings. The molecule has 0 fully saturated rings. The van der Waals surface area contributed by atoms with E-state index < -0.39 is 11.8 Å². The SMILES string of the molecule is CCC(Cc1ccccc1)N=Cc1c(O)c(O)c(C(C)C)c2ccc(-c3c(C)cc4c(C(C)C)c(O)c(O)c(C=NC(CO)Cc5ccccc5)c4c3O)cc12. The maximum absolute atomic E-state index is 12.4. The lowest BCUT2D eigenvalue weighted by atomic mass is 9.85. The van der Waals surface area contributed by atoms with Crippen molar-refractivity contribution in [2.75, 3.05) is 6.61 Å². The predicted octanol–water partition coefficient (Wildman–Crippen LogP) is 10.2. The molecule has 0 bridgehead atoms. The second-order valence-corrected chi connectivity index (χ2v) is 15.3.